The molecule has 0 aliphatic carbocycles. The van der Waals surface area contributed by atoms with Crippen molar-refractivity contribution in [3.63, 3.8) is 0 Å². The number of nitrogens with zero attached hydrogens (tertiary/aromatic N) is 2. The normalized spacial score (nSPS) is 15.9. The minimum atomic E-state index is -3.86. The summed E-state index contributed by atoms with van der Waals surface area (Å²) in [6.45, 7) is 6.63. The van der Waals surface area contributed by atoms with Crippen molar-refractivity contribution in [1.82, 2.24) is 14.5 Å². The predicted octanol–water partition coefficient (Wildman–Crippen LogP) is 0.971. The van der Waals surface area contributed by atoms with Gasteiger partial charge in [-0.3, -0.25) is 4.79 Å². The third kappa shape index (κ3) is 5.14. The molecule has 0 saturated carbocycles. The quantitative estimate of drug-likeness (QED) is 0.745. The highest BCUT2D eigenvalue weighted by Crippen LogP contribution is 2.21. The Bertz CT molecular complexity index is 819. The number of piperazine rings is 1. The van der Waals surface area contributed by atoms with E-state index in [9.17, 15) is 18.0 Å². The van der Waals surface area contributed by atoms with E-state index in [1.54, 1.807) is 24.8 Å². The van der Waals surface area contributed by atoms with Crippen LogP contribution in [0.25, 0.3) is 0 Å². The van der Waals surface area contributed by atoms with Crippen LogP contribution in [0.5, 0.6) is 5.75 Å². The van der Waals surface area contributed by atoms with Crippen LogP contribution >= 0.6 is 0 Å². The lowest BCUT2D eigenvalue weighted by atomic mass is 10.2. The van der Waals surface area contributed by atoms with E-state index >= 15 is 0 Å². The van der Waals surface area contributed by atoms with Crippen molar-refractivity contribution < 1.29 is 27.5 Å². The molecule has 2 rings (SSSR count). The van der Waals surface area contributed by atoms with E-state index < -0.39 is 22.2 Å². The molecule has 2 amide bonds. The summed E-state index contributed by atoms with van der Waals surface area (Å²) >= 11 is 0. The third-order valence-electron chi connectivity index (χ3n) is 4.50. The number of rotatable bonds is 6. The highest BCUT2D eigenvalue weighted by Gasteiger charge is 2.30. The van der Waals surface area contributed by atoms with E-state index in [1.165, 1.54) is 31.1 Å². The van der Waals surface area contributed by atoms with Crippen LogP contribution in [0.3, 0.4) is 0 Å². The van der Waals surface area contributed by atoms with Gasteiger partial charge in [-0.25, -0.2) is 13.2 Å². The summed E-state index contributed by atoms with van der Waals surface area (Å²) in [6.07, 6.45) is -0.404. The number of carbonyl (C=O) groups excluding carboxylic acids is 2. The van der Waals surface area contributed by atoms with Crippen molar-refractivity contribution >= 4 is 22.0 Å². The Balaban J connectivity index is 1.98. The topological polar surface area (TPSA) is 105 Å². The van der Waals surface area contributed by atoms with Crippen LogP contribution in [0.4, 0.5) is 4.79 Å². The molecule has 156 valence electrons. The Morgan fingerprint density at radius 2 is 1.79 bits per heavy atom. The number of carbonyl (C=O) groups is 2. The van der Waals surface area contributed by atoms with Crippen molar-refractivity contribution in [2.24, 2.45) is 0 Å². The van der Waals surface area contributed by atoms with Crippen molar-refractivity contribution in [3.8, 4) is 5.75 Å². The van der Waals surface area contributed by atoms with Gasteiger partial charge in [0.2, 0.25) is 15.9 Å². The smallest absolute Gasteiger partial charge is 0.409 e. The Morgan fingerprint density at radius 3 is 2.32 bits per heavy atom. The Hall–Kier alpha value is -2.33. The third-order valence-corrected chi connectivity index (χ3v) is 6.03. The van der Waals surface area contributed by atoms with Crippen molar-refractivity contribution in [1.29, 1.82) is 0 Å². The summed E-state index contributed by atoms with van der Waals surface area (Å²) in [6, 6.07) is 3.58. The van der Waals surface area contributed by atoms with Gasteiger partial charge in [0, 0.05) is 26.2 Å². The molecule has 1 fully saturated rings. The molecule has 1 aliphatic rings. The van der Waals surface area contributed by atoms with E-state index in [4.69, 9.17) is 9.47 Å². The largest absolute Gasteiger partial charge is 0.496 e. The van der Waals surface area contributed by atoms with Gasteiger partial charge in [0.15, 0.2) is 0 Å². The highest BCUT2D eigenvalue weighted by molar-refractivity contribution is 7.89. The molecule has 0 bridgehead atoms. The summed E-state index contributed by atoms with van der Waals surface area (Å²) in [5.74, 6) is 0.250. The minimum Gasteiger partial charge on any atom is -0.496 e. The molecule has 28 heavy (non-hydrogen) atoms. The molecule has 1 aromatic rings. The average molecular weight is 413 g/mol. The fourth-order valence-electron chi connectivity index (χ4n) is 2.97. The van der Waals surface area contributed by atoms with E-state index in [0.29, 0.717) is 44.1 Å². The van der Waals surface area contributed by atoms with Crippen LogP contribution in [-0.2, 0) is 19.6 Å². The van der Waals surface area contributed by atoms with E-state index in [0.717, 1.165) is 0 Å². The minimum absolute atomic E-state index is 0.0672. The number of nitrogens with one attached hydrogen (secondary N) is 1. The molecule has 0 unspecified atom stereocenters. The van der Waals surface area contributed by atoms with Crippen molar-refractivity contribution in [2.75, 3.05) is 39.9 Å². The summed E-state index contributed by atoms with van der Waals surface area (Å²) in [5.41, 5.74) is 0.680. The number of hydrogen-bond acceptors (Lipinski definition) is 6. The first-order chi connectivity index (χ1) is 13.2. The van der Waals surface area contributed by atoms with E-state index in [-0.39, 0.29) is 10.8 Å². The average Bonchev–Trinajstić information content (AvgIpc) is 2.67. The second-order valence-corrected chi connectivity index (χ2v) is 8.20. The van der Waals surface area contributed by atoms with Gasteiger partial charge < -0.3 is 19.3 Å². The maximum absolute atomic E-state index is 12.6. The summed E-state index contributed by atoms with van der Waals surface area (Å²) in [4.78, 5) is 27.5. The zero-order valence-electron chi connectivity index (χ0n) is 16.6. The van der Waals surface area contributed by atoms with Gasteiger partial charge in [-0.1, -0.05) is 0 Å². The van der Waals surface area contributed by atoms with Gasteiger partial charge >= 0.3 is 6.09 Å². The van der Waals surface area contributed by atoms with Crippen LogP contribution in [0, 0.1) is 6.92 Å². The zero-order chi connectivity index (χ0) is 20.9. The molecular weight excluding hydrogens is 386 g/mol. The molecular formula is C18H27N3O6S. The molecule has 0 spiro atoms. The molecule has 1 aliphatic heterocycles. The second-order valence-electron chi connectivity index (χ2n) is 6.49. The maximum Gasteiger partial charge on any atom is 0.409 e. The fraction of sp³-hybridized carbons (Fsp3) is 0.556. The molecule has 1 aromatic carbocycles. The summed E-state index contributed by atoms with van der Waals surface area (Å²) in [5, 5.41) is 0. The molecule has 1 atom stereocenters. The molecule has 1 heterocycles. The predicted molar refractivity (Wildman–Crippen MR) is 103 cm³/mol. The maximum atomic E-state index is 12.6. The number of ether oxygens (including phenoxy) is 2. The second kappa shape index (κ2) is 9.24. The monoisotopic (exact) mass is 413 g/mol. The van der Waals surface area contributed by atoms with Gasteiger partial charge in [0.05, 0.1) is 24.7 Å². The zero-order valence-corrected chi connectivity index (χ0v) is 17.4. The molecule has 0 aromatic heterocycles. The summed E-state index contributed by atoms with van der Waals surface area (Å²) < 4.78 is 37.7. The molecule has 1 saturated heterocycles. The number of benzene rings is 1. The molecule has 0 radical (unpaired) electrons. The van der Waals surface area contributed by atoms with Crippen LogP contribution in [0.1, 0.15) is 19.4 Å². The summed E-state index contributed by atoms with van der Waals surface area (Å²) in [7, 11) is -2.35. The standard InChI is InChI=1S/C18H27N3O6S/c1-5-27-18(23)21-10-8-20(9-11-21)17(22)14(3)19-28(24,25)15-6-7-16(26-4)13(2)12-15/h6-7,12,14,19H,5,8-11H2,1-4H3/t14-/m0/s1. The number of aryl methyl sites for hydroxylation is 1. The number of sulfonamides is 1. The lowest BCUT2D eigenvalue weighted by molar-refractivity contribution is -0.134. The fourth-order valence-corrected chi connectivity index (χ4v) is 4.25. The van der Waals surface area contributed by atoms with Crippen LogP contribution in [0.15, 0.2) is 23.1 Å². The molecule has 9 nitrogen and oxygen atoms in total. The van der Waals surface area contributed by atoms with Gasteiger partial charge in [0.1, 0.15) is 5.75 Å². The van der Waals surface area contributed by atoms with Gasteiger partial charge in [-0.2, -0.15) is 4.72 Å². The Kier molecular flexibility index (Phi) is 7.25. The Labute approximate surface area is 165 Å². The van der Waals surface area contributed by atoms with Crippen LogP contribution in [0.2, 0.25) is 0 Å². The lowest BCUT2D eigenvalue weighted by Crippen LogP contribution is -2.55. The Morgan fingerprint density at radius 1 is 1.18 bits per heavy atom. The van der Waals surface area contributed by atoms with E-state index in [1.807, 2.05) is 0 Å². The van der Waals surface area contributed by atoms with Gasteiger partial charge in [-0.05, 0) is 44.5 Å². The van der Waals surface area contributed by atoms with E-state index in [2.05, 4.69) is 4.72 Å². The molecule has 1 N–H and O–H groups in total. The SMILES string of the molecule is CCOC(=O)N1CCN(C(=O)[C@H](C)NS(=O)(=O)c2ccc(OC)c(C)c2)CC1. The van der Waals surface area contributed by atoms with Crippen molar-refractivity contribution in [2.45, 2.75) is 31.7 Å². The highest BCUT2D eigenvalue weighted by atomic mass is 32.2. The number of methoxy groups -OCH3 is 1. The van der Waals surface area contributed by atoms with Crippen LogP contribution in [-0.4, -0.2) is 76.2 Å². The van der Waals surface area contributed by atoms with Gasteiger partial charge in [-0.15, -0.1) is 0 Å². The van der Waals surface area contributed by atoms with Gasteiger partial charge in [0.25, 0.3) is 0 Å². The number of hydrogen-bond donors (Lipinski definition) is 1. The van der Waals surface area contributed by atoms with Crippen molar-refractivity contribution in [3.05, 3.63) is 23.8 Å². The van der Waals surface area contributed by atoms with Crippen LogP contribution < -0.4 is 9.46 Å². The first kappa shape index (κ1) is 22.0. The lowest BCUT2D eigenvalue weighted by Gasteiger charge is -2.35. The molecule has 10 heteroatoms. The number of amides is 2. The first-order valence-electron chi connectivity index (χ1n) is 9.07. The first-order valence-corrected chi connectivity index (χ1v) is 10.6.